The number of rotatable bonds is 9. The lowest BCUT2D eigenvalue weighted by molar-refractivity contribution is 0.242. The molecule has 0 radical (unpaired) electrons. The number of hydrogen-bond donors (Lipinski definition) is 0. The van der Waals surface area contributed by atoms with E-state index in [0.29, 0.717) is 0 Å². The highest BCUT2D eigenvalue weighted by molar-refractivity contribution is 5.55. The second-order valence-corrected chi connectivity index (χ2v) is 4.38. The normalized spacial score (nSPS) is 10.6. The summed E-state index contributed by atoms with van der Waals surface area (Å²) in [7, 11) is 0. The van der Waals surface area contributed by atoms with E-state index < -0.39 is 0 Å². The summed E-state index contributed by atoms with van der Waals surface area (Å²) in [5.41, 5.74) is 1.07. The summed E-state index contributed by atoms with van der Waals surface area (Å²) in [6.07, 6.45) is 4.12. The van der Waals surface area contributed by atoms with Crippen LogP contribution in [-0.2, 0) is 0 Å². The van der Waals surface area contributed by atoms with Gasteiger partial charge >= 0.3 is 0 Å². The van der Waals surface area contributed by atoms with E-state index >= 15 is 0 Å². The number of benzene rings is 1. The maximum atomic E-state index is 5.80. The van der Waals surface area contributed by atoms with Gasteiger partial charge in [0, 0.05) is 12.1 Å². The molecule has 100 valence electrons. The second kappa shape index (κ2) is 8.76. The smallest absolute Gasteiger partial charge is 0.126 e. The Morgan fingerprint density at radius 3 is 2.67 bits per heavy atom. The number of ether oxygens (including phenoxy) is 1. The highest BCUT2D eigenvalue weighted by Gasteiger charge is 2.02. The van der Waals surface area contributed by atoms with Gasteiger partial charge in [-0.2, -0.15) is 0 Å². The molecule has 0 aliphatic carbocycles. The van der Waals surface area contributed by atoms with Crippen molar-refractivity contribution < 1.29 is 4.74 Å². The molecule has 0 unspecified atom stereocenters. The fourth-order valence-corrected chi connectivity index (χ4v) is 2.00. The van der Waals surface area contributed by atoms with E-state index in [2.05, 4.69) is 25.3 Å². The zero-order valence-corrected chi connectivity index (χ0v) is 11.7. The highest BCUT2D eigenvalue weighted by Crippen LogP contribution is 2.18. The molecule has 1 aromatic carbocycles. The first-order valence-corrected chi connectivity index (χ1v) is 6.88. The molecule has 0 aliphatic rings. The van der Waals surface area contributed by atoms with Crippen LogP contribution in [0.15, 0.2) is 30.8 Å². The van der Waals surface area contributed by atoms with Crippen LogP contribution in [0.3, 0.4) is 0 Å². The van der Waals surface area contributed by atoms with E-state index in [1.54, 1.807) is 0 Å². The zero-order valence-electron chi connectivity index (χ0n) is 11.7. The lowest BCUT2D eigenvalue weighted by Gasteiger charge is -2.19. The summed E-state index contributed by atoms with van der Waals surface area (Å²) in [5, 5.41) is 0. The van der Waals surface area contributed by atoms with Gasteiger partial charge in [-0.3, -0.25) is 0 Å². The molecular weight excluding hydrogens is 222 g/mol. The first-order chi connectivity index (χ1) is 8.81. The first kappa shape index (κ1) is 14.8. The molecule has 0 heterocycles. The lowest BCUT2D eigenvalue weighted by atomic mass is 10.2. The third kappa shape index (κ3) is 4.92. The Labute approximate surface area is 111 Å². The van der Waals surface area contributed by atoms with Gasteiger partial charge in [-0.1, -0.05) is 44.7 Å². The molecule has 0 fully saturated rings. The fourth-order valence-electron chi connectivity index (χ4n) is 2.00. The van der Waals surface area contributed by atoms with Gasteiger partial charge in [0.1, 0.15) is 5.75 Å². The molecule has 0 atom stereocenters. The van der Waals surface area contributed by atoms with Crippen molar-refractivity contribution in [3.05, 3.63) is 36.4 Å². The minimum absolute atomic E-state index is 0.769. The van der Waals surface area contributed by atoms with Crippen molar-refractivity contribution in [1.82, 2.24) is 4.90 Å². The lowest BCUT2D eigenvalue weighted by Crippen LogP contribution is -2.26. The minimum Gasteiger partial charge on any atom is -0.493 e. The van der Waals surface area contributed by atoms with E-state index in [9.17, 15) is 0 Å². The predicted octanol–water partition coefficient (Wildman–Crippen LogP) is 3.83. The molecule has 0 aliphatic heterocycles. The summed E-state index contributed by atoms with van der Waals surface area (Å²) in [6.45, 7) is 12.4. The first-order valence-electron chi connectivity index (χ1n) is 6.88. The predicted molar refractivity (Wildman–Crippen MR) is 79.1 cm³/mol. The van der Waals surface area contributed by atoms with Crippen molar-refractivity contribution in [2.75, 3.05) is 26.2 Å². The molecule has 1 aromatic rings. The Balaban J connectivity index is 2.31. The molecule has 0 amide bonds. The van der Waals surface area contributed by atoms with Crippen LogP contribution in [0.2, 0.25) is 0 Å². The largest absolute Gasteiger partial charge is 0.493 e. The molecular formula is C16H25NO. The SMILES string of the molecule is C=Cc1ccccc1OCCCN(CC)CCC. The summed E-state index contributed by atoms with van der Waals surface area (Å²) < 4.78 is 5.80. The summed E-state index contributed by atoms with van der Waals surface area (Å²) >= 11 is 0. The number of para-hydroxylation sites is 1. The Bertz CT molecular complexity index is 349. The van der Waals surface area contributed by atoms with Crippen LogP contribution in [0, 0.1) is 0 Å². The van der Waals surface area contributed by atoms with Crippen LogP contribution in [0.4, 0.5) is 0 Å². The zero-order chi connectivity index (χ0) is 13.2. The van der Waals surface area contributed by atoms with E-state index in [0.717, 1.165) is 37.4 Å². The van der Waals surface area contributed by atoms with Crippen LogP contribution >= 0.6 is 0 Å². The highest BCUT2D eigenvalue weighted by atomic mass is 16.5. The van der Waals surface area contributed by atoms with E-state index in [-0.39, 0.29) is 0 Å². The van der Waals surface area contributed by atoms with Crippen LogP contribution < -0.4 is 4.74 Å². The van der Waals surface area contributed by atoms with Crippen molar-refractivity contribution in [3.8, 4) is 5.75 Å². The van der Waals surface area contributed by atoms with Gasteiger partial charge in [0.15, 0.2) is 0 Å². The maximum Gasteiger partial charge on any atom is 0.126 e. The maximum absolute atomic E-state index is 5.80. The van der Waals surface area contributed by atoms with Gasteiger partial charge < -0.3 is 9.64 Å². The molecule has 0 saturated carbocycles. The fraction of sp³-hybridized carbons (Fsp3) is 0.500. The average molecular weight is 247 g/mol. The molecule has 0 N–H and O–H groups in total. The Kier molecular flexibility index (Phi) is 7.19. The topological polar surface area (TPSA) is 12.5 Å². The van der Waals surface area contributed by atoms with Crippen LogP contribution in [0.1, 0.15) is 32.3 Å². The van der Waals surface area contributed by atoms with E-state index in [4.69, 9.17) is 4.74 Å². The molecule has 0 spiro atoms. The van der Waals surface area contributed by atoms with Crippen molar-refractivity contribution in [2.45, 2.75) is 26.7 Å². The van der Waals surface area contributed by atoms with Crippen LogP contribution in [-0.4, -0.2) is 31.1 Å². The van der Waals surface area contributed by atoms with Gasteiger partial charge in [-0.25, -0.2) is 0 Å². The molecule has 2 heteroatoms. The Hall–Kier alpha value is -1.28. The molecule has 0 aromatic heterocycles. The Morgan fingerprint density at radius 1 is 1.22 bits per heavy atom. The van der Waals surface area contributed by atoms with Crippen molar-refractivity contribution in [1.29, 1.82) is 0 Å². The average Bonchev–Trinajstić information content (AvgIpc) is 2.42. The van der Waals surface area contributed by atoms with Gasteiger partial charge in [0.2, 0.25) is 0 Å². The van der Waals surface area contributed by atoms with Crippen molar-refractivity contribution in [2.24, 2.45) is 0 Å². The summed E-state index contributed by atoms with van der Waals surface area (Å²) in [5.74, 6) is 0.936. The minimum atomic E-state index is 0.769. The van der Waals surface area contributed by atoms with E-state index in [1.165, 1.54) is 13.0 Å². The van der Waals surface area contributed by atoms with Gasteiger partial charge in [0.25, 0.3) is 0 Å². The van der Waals surface area contributed by atoms with Crippen molar-refractivity contribution in [3.63, 3.8) is 0 Å². The van der Waals surface area contributed by atoms with Gasteiger partial charge in [-0.05, 0) is 32.0 Å². The van der Waals surface area contributed by atoms with Gasteiger partial charge in [0.05, 0.1) is 6.61 Å². The van der Waals surface area contributed by atoms with E-state index in [1.807, 2.05) is 30.3 Å². The monoisotopic (exact) mass is 247 g/mol. The molecule has 18 heavy (non-hydrogen) atoms. The summed E-state index contributed by atoms with van der Waals surface area (Å²) in [4.78, 5) is 2.46. The number of nitrogens with zero attached hydrogens (tertiary/aromatic N) is 1. The molecule has 1 rings (SSSR count). The third-order valence-corrected chi connectivity index (χ3v) is 3.00. The third-order valence-electron chi connectivity index (χ3n) is 3.00. The number of hydrogen-bond acceptors (Lipinski definition) is 2. The standard InChI is InChI=1S/C16H25NO/c1-4-12-17(6-3)13-9-14-18-16-11-8-7-10-15(16)5-2/h5,7-8,10-11H,2,4,6,9,12-14H2,1,3H3. The second-order valence-electron chi connectivity index (χ2n) is 4.38. The molecule has 0 saturated heterocycles. The van der Waals surface area contributed by atoms with Gasteiger partial charge in [-0.15, -0.1) is 0 Å². The Morgan fingerprint density at radius 2 is 2.00 bits per heavy atom. The molecule has 2 nitrogen and oxygen atoms in total. The van der Waals surface area contributed by atoms with Crippen LogP contribution in [0.25, 0.3) is 6.08 Å². The van der Waals surface area contributed by atoms with Crippen molar-refractivity contribution >= 4 is 6.08 Å². The van der Waals surface area contributed by atoms with Crippen LogP contribution in [0.5, 0.6) is 5.75 Å². The summed E-state index contributed by atoms with van der Waals surface area (Å²) in [6, 6.07) is 8.03. The quantitative estimate of drug-likeness (QED) is 0.615. The molecule has 0 bridgehead atoms.